The smallest absolute Gasteiger partial charge is 0.161 e. The quantitative estimate of drug-likeness (QED) is 0.831. The minimum absolute atomic E-state index is 0.0575. The van der Waals surface area contributed by atoms with Gasteiger partial charge in [0.2, 0.25) is 0 Å². The summed E-state index contributed by atoms with van der Waals surface area (Å²) in [5.41, 5.74) is 1.95. The molecule has 6 heteroatoms. The zero-order chi connectivity index (χ0) is 15.2. The Kier molecular flexibility index (Phi) is 5.76. The van der Waals surface area contributed by atoms with Gasteiger partial charge in [-0.15, -0.1) is 0 Å². The molecular formula is C15H21BrN4O. The van der Waals surface area contributed by atoms with E-state index in [4.69, 9.17) is 4.74 Å². The van der Waals surface area contributed by atoms with E-state index in [2.05, 4.69) is 45.2 Å². The van der Waals surface area contributed by atoms with E-state index in [9.17, 15) is 0 Å². The van der Waals surface area contributed by atoms with Crippen LogP contribution in [0.15, 0.2) is 29.0 Å². The first-order valence-electron chi connectivity index (χ1n) is 7.16. The Morgan fingerprint density at radius 3 is 2.86 bits per heavy atom. The Morgan fingerprint density at radius 1 is 1.43 bits per heavy atom. The molecule has 2 aromatic rings. The number of aromatic nitrogens is 3. The number of methoxy groups -OCH3 is 1. The van der Waals surface area contributed by atoms with E-state index in [0.717, 1.165) is 41.1 Å². The lowest BCUT2D eigenvalue weighted by Gasteiger charge is -2.21. The van der Waals surface area contributed by atoms with Crippen LogP contribution in [-0.4, -0.2) is 28.4 Å². The van der Waals surface area contributed by atoms with Gasteiger partial charge in [-0.3, -0.25) is 9.67 Å². The molecule has 2 heterocycles. The van der Waals surface area contributed by atoms with Crippen molar-refractivity contribution in [3.05, 3.63) is 40.4 Å². The minimum Gasteiger partial charge on any atom is -0.493 e. The first-order chi connectivity index (χ1) is 10.2. The van der Waals surface area contributed by atoms with Crippen molar-refractivity contribution in [1.82, 2.24) is 20.1 Å². The van der Waals surface area contributed by atoms with Crippen LogP contribution in [0.25, 0.3) is 0 Å². The molecule has 1 atom stereocenters. The molecule has 0 saturated heterocycles. The third-order valence-corrected chi connectivity index (χ3v) is 3.97. The number of ether oxygens (including phenoxy) is 1. The summed E-state index contributed by atoms with van der Waals surface area (Å²) in [6.45, 7) is 5.89. The van der Waals surface area contributed by atoms with Crippen molar-refractivity contribution in [2.45, 2.75) is 32.9 Å². The molecule has 0 radical (unpaired) electrons. The second kappa shape index (κ2) is 7.56. The number of hydrogen-bond acceptors (Lipinski definition) is 4. The molecule has 2 aromatic heterocycles. The van der Waals surface area contributed by atoms with Crippen LogP contribution >= 0.6 is 15.9 Å². The van der Waals surface area contributed by atoms with Gasteiger partial charge in [0.05, 0.1) is 25.0 Å². The number of halogens is 1. The third-order valence-electron chi connectivity index (χ3n) is 3.30. The van der Waals surface area contributed by atoms with Crippen molar-refractivity contribution in [2.75, 3.05) is 13.7 Å². The number of nitrogens with zero attached hydrogens (tertiary/aromatic N) is 3. The minimum atomic E-state index is -0.0575. The van der Waals surface area contributed by atoms with E-state index >= 15 is 0 Å². The monoisotopic (exact) mass is 352 g/mol. The van der Waals surface area contributed by atoms with Crippen LogP contribution in [0.2, 0.25) is 0 Å². The second-order valence-corrected chi connectivity index (χ2v) is 5.53. The van der Waals surface area contributed by atoms with E-state index in [-0.39, 0.29) is 6.04 Å². The maximum Gasteiger partial charge on any atom is 0.161 e. The van der Waals surface area contributed by atoms with Crippen LogP contribution in [0.1, 0.15) is 37.7 Å². The fraction of sp³-hybridized carbons (Fsp3) is 0.467. The van der Waals surface area contributed by atoms with Crippen molar-refractivity contribution in [2.24, 2.45) is 0 Å². The fourth-order valence-electron chi connectivity index (χ4n) is 2.30. The Morgan fingerprint density at radius 2 is 2.24 bits per heavy atom. The number of pyridine rings is 1. The number of aryl methyl sites for hydroxylation is 1. The average molecular weight is 353 g/mol. The molecule has 0 bridgehead atoms. The molecule has 2 rings (SSSR count). The van der Waals surface area contributed by atoms with Gasteiger partial charge in [-0.05, 0) is 48.0 Å². The van der Waals surface area contributed by atoms with Crippen LogP contribution in [0, 0.1) is 0 Å². The van der Waals surface area contributed by atoms with Crippen LogP contribution in [-0.2, 0) is 6.54 Å². The molecule has 0 aliphatic heterocycles. The maximum atomic E-state index is 5.48. The number of nitrogens with one attached hydrogen (secondary N) is 1. The molecule has 0 aliphatic rings. The largest absolute Gasteiger partial charge is 0.493 e. The molecule has 114 valence electrons. The summed E-state index contributed by atoms with van der Waals surface area (Å²) in [4.78, 5) is 4.53. The highest BCUT2D eigenvalue weighted by Gasteiger charge is 2.25. The summed E-state index contributed by atoms with van der Waals surface area (Å²) in [6, 6.07) is 3.86. The lowest BCUT2D eigenvalue weighted by atomic mass is 10.1. The van der Waals surface area contributed by atoms with Gasteiger partial charge >= 0.3 is 0 Å². The molecule has 0 aliphatic carbocycles. The molecule has 0 amide bonds. The molecule has 5 nitrogen and oxygen atoms in total. The summed E-state index contributed by atoms with van der Waals surface area (Å²) >= 11 is 3.59. The van der Waals surface area contributed by atoms with E-state index in [1.54, 1.807) is 19.5 Å². The first kappa shape index (κ1) is 16.0. The molecule has 1 N–H and O–H groups in total. The van der Waals surface area contributed by atoms with Gasteiger partial charge < -0.3 is 10.1 Å². The molecular weight excluding hydrogens is 332 g/mol. The van der Waals surface area contributed by atoms with Gasteiger partial charge in [-0.2, -0.15) is 5.10 Å². The van der Waals surface area contributed by atoms with Gasteiger partial charge in [0.15, 0.2) is 5.75 Å². The first-order valence-corrected chi connectivity index (χ1v) is 7.95. The van der Waals surface area contributed by atoms with E-state index < -0.39 is 0 Å². The summed E-state index contributed by atoms with van der Waals surface area (Å²) < 4.78 is 8.41. The summed E-state index contributed by atoms with van der Waals surface area (Å²) in [6.07, 6.45) is 4.61. The Balaban J connectivity index is 2.50. The molecule has 0 fully saturated rings. The average Bonchev–Trinajstić information content (AvgIpc) is 2.92. The van der Waals surface area contributed by atoms with Crippen molar-refractivity contribution >= 4 is 15.9 Å². The van der Waals surface area contributed by atoms with Gasteiger partial charge in [0.1, 0.15) is 5.69 Å². The van der Waals surface area contributed by atoms with Crippen LogP contribution in [0.5, 0.6) is 5.75 Å². The standard InChI is InChI=1S/C15H21BrN4O/c1-4-8-17-14(13-11(16)7-6-9-18-13)15-12(21-3)10-19-20(15)5-2/h6-7,9-10,14,17H,4-5,8H2,1-3H3. The zero-order valence-corrected chi connectivity index (χ0v) is 14.2. The van der Waals surface area contributed by atoms with Crippen molar-refractivity contribution in [3.63, 3.8) is 0 Å². The SMILES string of the molecule is CCCNC(c1ncccc1Br)c1c(OC)cnn1CC. The zero-order valence-electron chi connectivity index (χ0n) is 12.6. The second-order valence-electron chi connectivity index (χ2n) is 4.67. The molecule has 1 unspecified atom stereocenters. The third kappa shape index (κ3) is 3.44. The summed E-state index contributed by atoms with van der Waals surface area (Å²) in [7, 11) is 1.67. The predicted octanol–water partition coefficient (Wildman–Crippen LogP) is 3.16. The molecule has 0 saturated carbocycles. The highest BCUT2D eigenvalue weighted by molar-refractivity contribution is 9.10. The summed E-state index contributed by atoms with van der Waals surface area (Å²) in [5, 5.41) is 7.94. The van der Waals surface area contributed by atoms with Crippen LogP contribution < -0.4 is 10.1 Å². The topological polar surface area (TPSA) is 52.0 Å². The lowest BCUT2D eigenvalue weighted by Crippen LogP contribution is -2.27. The van der Waals surface area contributed by atoms with Gasteiger partial charge in [0, 0.05) is 17.2 Å². The Bertz CT molecular complexity index is 563. The van der Waals surface area contributed by atoms with E-state index in [0.29, 0.717) is 0 Å². The normalized spacial score (nSPS) is 12.4. The highest BCUT2D eigenvalue weighted by atomic mass is 79.9. The van der Waals surface area contributed by atoms with Gasteiger partial charge in [-0.25, -0.2) is 0 Å². The number of rotatable bonds is 7. The Labute approximate surface area is 133 Å². The number of hydrogen-bond donors (Lipinski definition) is 1. The summed E-state index contributed by atoms with van der Waals surface area (Å²) in [5.74, 6) is 0.781. The molecule has 0 aromatic carbocycles. The van der Waals surface area contributed by atoms with Crippen molar-refractivity contribution in [1.29, 1.82) is 0 Å². The molecule has 0 spiro atoms. The van der Waals surface area contributed by atoms with Crippen molar-refractivity contribution in [3.8, 4) is 5.75 Å². The van der Waals surface area contributed by atoms with E-state index in [1.165, 1.54) is 0 Å². The van der Waals surface area contributed by atoms with Crippen molar-refractivity contribution < 1.29 is 4.74 Å². The lowest BCUT2D eigenvalue weighted by molar-refractivity contribution is 0.397. The van der Waals surface area contributed by atoms with Gasteiger partial charge in [-0.1, -0.05) is 6.92 Å². The van der Waals surface area contributed by atoms with Crippen LogP contribution in [0.3, 0.4) is 0 Å². The highest BCUT2D eigenvalue weighted by Crippen LogP contribution is 2.32. The molecule has 21 heavy (non-hydrogen) atoms. The Hall–Kier alpha value is -1.40. The maximum absolute atomic E-state index is 5.48. The van der Waals surface area contributed by atoms with E-state index in [1.807, 2.05) is 16.8 Å². The predicted molar refractivity (Wildman–Crippen MR) is 86.5 cm³/mol. The van der Waals surface area contributed by atoms with Gasteiger partial charge in [0.25, 0.3) is 0 Å². The fourth-order valence-corrected chi connectivity index (χ4v) is 2.78. The van der Waals surface area contributed by atoms with Crippen LogP contribution in [0.4, 0.5) is 0 Å².